The molecule has 0 amide bonds. The van der Waals surface area contributed by atoms with Crippen molar-refractivity contribution >= 4 is 21.1 Å². The summed E-state index contributed by atoms with van der Waals surface area (Å²) in [5.74, 6) is 1.12. The number of nitrogens with one attached hydrogen (secondary N) is 1. The molecular weight excluding hydrogens is 316 g/mol. The third-order valence-corrected chi connectivity index (χ3v) is 5.46. The van der Waals surface area contributed by atoms with Crippen LogP contribution in [0.1, 0.15) is 17.3 Å². The van der Waals surface area contributed by atoms with Crippen LogP contribution in [-0.2, 0) is 23.5 Å². The highest BCUT2D eigenvalue weighted by Gasteiger charge is 2.23. The molecular formula is C15H18N4O3S. The molecule has 2 aromatic heterocycles. The monoisotopic (exact) mass is 334 g/mol. The summed E-state index contributed by atoms with van der Waals surface area (Å²) in [4.78, 5) is 4.64. The Labute approximate surface area is 134 Å². The second kappa shape index (κ2) is 5.78. The fourth-order valence-electron chi connectivity index (χ4n) is 2.65. The number of benzene rings is 1. The van der Waals surface area contributed by atoms with Crippen LogP contribution in [0.5, 0.6) is 0 Å². The standard InChI is InChI=1S/C15H18N4O3S/c1-10-15(11(2)22-18-10)23(20,21)16-9-8-14-17-12-6-4-5-7-13(12)19(14)3/h4-7,16H,8-9H2,1-3H3. The topological polar surface area (TPSA) is 90.0 Å². The molecule has 0 spiro atoms. The van der Waals surface area contributed by atoms with Gasteiger partial charge in [-0.25, -0.2) is 18.1 Å². The van der Waals surface area contributed by atoms with E-state index in [1.807, 2.05) is 35.9 Å². The molecule has 7 nitrogen and oxygen atoms in total. The zero-order chi connectivity index (χ0) is 16.6. The highest BCUT2D eigenvalue weighted by atomic mass is 32.2. The second-order valence-electron chi connectivity index (χ2n) is 5.38. The van der Waals surface area contributed by atoms with E-state index in [1.54, 1.807) is 13.8 Å². The molecule has 0 bridgehead atoms. The summed E-state index contributed by atoms with van der Waals surface area (Å²) < 4.78 is 34.2. The van der Waals surface area contributed by atoms with Crippen molar-refractivity contribution in [3.8, 4) is 0 Å². The molecule has 1 aromatic carbocycles. The minimum absolute atomic E-state index is 0.113. The molecule has 0 saturated heterocycles. The Bertz CT molecular complexity index is 937. The minimum atomic E-state index is -3.63. The lowest BCUT2D eigenvalue weighted by molar-refractivity contribution is 0.390. The predicted molar refractivity (Wildman–Crippen MR) is 85.6 cm³/mol. The van der Waals surface area contributed by atoms with E-state index < -0.39 is 10.0 Å². The van der Waals surface area contributed by atoms with E-state index in [2.05, 4.69) is 14.9 Å². The molecule has 0 atom stereocenters. The van der Waals surface area contributed by atoms with Crippen LogP contribution < -0.4 is 4.72 Å². The van der Waals surface area contributed by atoms with Crippen LogP contribution in [0.3, 0.4) is 0 Å². The fraction of sp³-hybridized carbons (Fsp3) is 0.333. The molecule has 3 aromatic rings. The van der Waals surface area contributed by atoms with Crippen LogP contribution in [0.4, 0.5) is 0 Å². The highest BCUT2D eigenvalue weighted by molar-refractivity contribution is 7.89. The van der Waals surface area contributed by atoms with Crippen LogP contribution in [0.25, 0.3) is 11.0 Å². The number of fused-ring (bicyclic) bond motifs is 1. The number of aryl methyl sites for hydroxylation is 3. The average molecular weight is 334 g/mol. The smallest absolute Gasteiger partial charge is 0.245 e. The molecule has 23 heavy (non-hydrogen) atoms. The Hall–Kier alpha value is -2.19. The van der Waals surface area contributed by atoms with Gasteiger partial charge in [-0.2, -0.15) is 0 Å². The number of hydrogen-bond acceptors (Lipinski definition) is 5. The summed E-state index contributed by atoms with van der Waals surface area (Å²) in [6.45, 7) is 3.44. The van der Waals surface area contributed by atoms with Gasteiger partial charge in [-0.05, 0) is 26.0 Å². The molecule has 3 rings (SSSR count). The summed E-state index contributed by atoms with van der Waals surface area (Å²) in [6, 6.07) is 7.81. The maximum absolute atomic E-state index is 12.3. The van der Waals surface area contributed by atoms with Crippen LogP contribution >= 0.6 is 0 Å². The Morgan fingerprint density at radius 1 is 1.26 bits per heavy atom. The maximum Gasteiger partial charge on any atom is 0.245 e. The summed E-state index contributed by atoms with van der Waals surface area (Å²) in [5.41, 5.74) is 2.28. The first kappa shape index (κ1) is 15.7. The van der Waals surface area contributed by atoms with Crippen molar-refractivity contribution in [1.82, 2.24) is 19.4 Å². The molecule has 0 aliphatic rings. The number of para-hydroxylation sites is 2. The summed E-state index contributed by atoms with van der Waals surface area (Å²) in [5, 5.41) is 3.68. The lowest BCUT2D eigenvalue weighted by Gasteiger charge is -2.06. The van der Waals surface area contributed by atoms with E-state index in [-0.39, 0.29) is 17.2 Å². The van der Waals surface area contributed by atoms with E-state index in [1.165, 1.54) is 0 Å². The van der Waals surface area contributed by atoms with Gasteiger partial charge in [0.05, 0.1) is 11.0 Å². The zero-order valence-electron chi connectivity index (χ0n) is 13.2. The zero-order valence-corrected chi connectivity index (χ0v) is 14.0. The Morgan fingerprint density at radius 2 is 2.00 bits per heavy atom. The number of nitrogens with zero attached hydrogens (tertiary/aromatic N) is 3. The lowest BCUT2D eigenvalue weighted by Crippen LogP contribution is -2.27. The van der Waals surface area contributed by atoms with Gasteiger partial charge >= 0.3 is 0 Å². The molecule has 1 N–H and O–H groups in total. The molecule has 2 heterocycles. The Morgan fingerprint density at radius 3 is 2.65 bits per heavy atom. The lowest BCUT2D eigenvalue weighted by atomic mass is 10.3. The van der Waals surface area contributed by atoms with Crippen molar-refractivity contribution in [3.05, 3.63) is 41.5 Å². The van der Waals surface area contributed by atoms with Crippen molar-refractivity contribution in [2.24, 2.45) is 7.05 Å². The molecule has 0 aliphatic carbocycles. The van der Waals surface area contributed by atoms with Crippen LogP contribution in [-0.4, -0.2) is 29.7 Å². The van der Waals surface area contributed by atoms with E-state index in [4.69, 9.17) is 4.52 Å². The van der Waals surface area contributed by atoms with Crippen molar-refractivity contribution in [3.63, 3.8) is 0 Å². The van der Waals surface area contributed by atoms with Gasteiger partial charge in [0.25, 0.3) is 0 Å². The van der Waals surface area contributed by atoms with Gasteiger partial charge in [-0.1, -0.05) is 17.3 Å². The normalized spacial score (nSPS) is 12.1. The predicted octanol–water partition coefficient (Wildman–Crippen LogP) is 1.70. The van der Waals surface area contributed by atoms with Crippen molar-refractivity contribution in [1.29, 1.82) is 0 Å². The number of hydrogen-bond donors (Lipinski definition) is 1. The second-order valence-corrected chi connectivity index (χ2v) is 7.08. The van der Waals surface area contributed by atoms with Crippen molar-refractivity contribution < 1.29 is 12.9 Å². The minimum Gasteiger partial charge on any atom is -0.360 e. The van der Waals surface area contributed by atoms with Gasteiger partial charge in [0.15, 0.2) is 5.76 Å². The van der Waals surface area contributed by atoms with Gasteiger partial charge in [-0.15, -0.1) is 0 Å². The van der Waals surface area contributed by atoms with Crippen molar-refractivity contribution in [2.75, 3.05) is 6.54 Å². The summed E-state index contributed by atoms with van der Waals surface area (Å²) in [7, 11) is -1.71. The van der Waals surface area contributed by atoms with Crippen LogP contribution in [0.15, 0.2) is 33.7 Å². The average Bonchev–Trinajstić information content (AvgIpc) is 3.00. The molecule has 122 valence electrons. The van der Waals surface area contributed by atoms with E-state index >= 15 is 0 Å². The van der Waals surface area contributed by atoms with Crippen LogP contribution in [0, 0.1) is 13.8 Å². The number of imidazole rings is 1. The van der Waals surface area contributed by atoms with Gasteiger partial charge < -0.3 is 9.09 Å². The largest absolute Gasteiger partial charge is 0.360 e. The molecule has 8 heteroatoms. The number of rotatable bonds is 5. The van der Waals surface area contributed by atoms with Crippen LogP contribution in [0.2, 0.25) is 0 Å². The van der Waals surface area contributed by atoms with E-state index in [0.29, 0.717) is 12.1 Å². The van der Waals surface area contributed by atoms with Gasteiger partial charge in [0.2, 0.25) is 10.0 Å². The van der Waals surface area contributed by atoms with Gasteiger partial charge in [0, 0.05) is 20.0 Å². The SMILES string of the molecule is Cc1noc(C)c1S(=O)(=O)NCCc1nc2ccccc2n1C. The first-order chi connectivity index (χ1) is 10.9. The summed E-state index contributed by atoms with van der Waals surface area (Å²) in [6.07, 6.45) is 0.494. The molecule has 0 radical (unpaired) electrons. The van der Waals surface area contributed by atoms with E-state index in [9.17, 15) is 8.42 Å². The first-order valence-electron chi connectivity index (χ1n) is 7.23. The van der Waals surface area contributed by atoms with E-state index in [0.717, 1.165) is 16.9 Å². The maximum atomic E-state index is 12.3. The summed E-state index contributed by atoms with van der Waals surface area (Å²) >= 11 is 0. The third-order valence-electron chi connectivity index (χ3n) is 3.76. The Balaban J connectivity index is 1.75. The molecule has 0 saturated carbocycles. The Kier molecular flexibility index (Phi) is 3.95. The quantitative estimate of drug-likeness (QED) is 0.767. The molecule has 0 unspecified atom stereocenters. The van der Waals surface area contributed by atoms with Gasteiger partial charge in [0.1, 0.15) is 16.4 Å². The van der Waals surface area contributed by atoms with Gasteiger partial charge in [-0.3, -0.25) is 0 Å². The highest BCUT2D eigenvalue weighted by Crippen LogP contribution is 2.19. The third kappa shape index (κ3) is 2.87. The molecule has 0 fully saturated rings. The first-order valence-corrected chi connectivity index (χ1v) is 8.71. The number of aromatic nitrogens is 3. The fourth-order valence-corrected chi connectivity index (χ4v) is 4.00. The van der Waals surface area contributed by atoms with Crippen molar-refractivity contribution in [2.45, 2.75) is 25.2 Å². The molecule has 0 aliphatic heterocycles. The number of sulfonamides is 1.